The number of hydrogen-bond donors (Lipinski definition) is 1. The minimum Gasteiger partial charge on any atom is -0.494 e. The number of ether oxygens (including phenoxy) is 1. The van der Waals surface area contributed by atoms with Gasteiger partial charge in [0.15, 0.2) is 0 Å². The van der Waals surface area contributed by atoms with E-state index in [0.717, 1.165) is 57.9 Å². The monoisotopic (exact) mass is 278 g/mol. The van der Waals surface area contributed by atoms with Gasteiger partial charge in [0.2, 0.25) is 0 Å². The van der Waals surface area contributed by atoms with E-state index in [4.69, 9.17) is 9.84 Å². The van der Waals surface area contributed by atoms with Gasteiger partial charge in [0, 0.05) is 38.4 Å². The first-order valence-electron chi connectivity index (χ1n) is 7.64. The number of aliphatic hydroxyl groups is 1. The molecule has 1 N–H and O–H groups in total. The van der Waals surface area contributed by atoms with Crippen molar-refractivity contribution in [2.45, 2.75) is 19.8 Å². The fourth-order valence-electron chi connectivity index (χ4n) is 2.46. The Morgan fingerprint density at radius 2 is 1.80 bits per heavy atom. The summed E-state index contributed by atoms with van der Waals surface area (Å²) in [5, 5.41) is 8.95. The topological polar surface area (TPSA) is 35.9 Å². The fraction of sp³-hybridized carbons (Fsp3) is 0.625. The number of β-amino-alcohol motifs (C(OH)–C–C–N with tert-alkyl or cyclic N) is 1. The van der Waals surface area contributed by atoms with Gasteiger partial charge in [-0.05, 0) is 30.7 Å². The Bertz CT molecular complexity index is 373. The summed E-state index contributed by atoms with van der Waals surface area (Å²) < 4.78 is 5.68. The van der Waals surface area contributed by atoms with Gasteiger partial charge >= 0.3 is 0 Å². The maximum atomic E-state index is 8.95. The molecule has 1 aromatic rings. The first-order valence-corrected chi connectivity index (χ1v) is 7.64. The molecule has 4 heteroatoms. The second kappa shape index (κ2) is 8.12. The molecule has 1 aliphatic rings. The summed E-state index contributed by atoms with van der Waals surface area (Å²) >= 11 is 0. The summed E-state index contributed by atoms with van der Waals surface area (Å²) in [7, 11) is 0. The van der Waals surface area contributed by atoms with Gasteiger partial charge < -0.3 is 14.7 Å². The quantitative estimate of drug-likeness (QED) is 0.774. The molecule has 0 spiro atoms. The number of piperazine rings is 1. The SMILES string of the molecule is CCCCOc1ccc(N2CCN(CCO)CC2)cc1. The molecule has 1 saturated heterocycles. The number of rotatable bonds is 7. The molecular weight excluding hydrogens is 252 g/mol. The second-order valence-corrected chi connectivity index (χ2v) is 5.25. The minimum atomic E-state index is 0.254. The number of nitrogens with zero attached hydrogens (tertiary/aromatic N) is 2. The lowest BCUT2D eigenvalue weighted by atomic mass is 10.2. The van der Waals surface area contributed by atoms with Crippen molar-refractivity contribution in [3.05, 3.63) is 24.3 Å². The number of unbranched alkanes of at least 4 members (excludes halogenated alkanes) is 1. The number of aliphatic hydroxyl groups excluding tert-OH is 1. The third-order valence-electron chi connectivity index (χ3n) is 3.76. The Balaban J connectivity index is 1.81. The Morgan fingerprint density at radius 1 is 1.10 bits per heavy atom. The van der Waals surface area contributed by atoms with Gasteiger partial charge in [0.25, 0.3) is 0 Å². The van der Waals surface area contributed by atoms with Crippen LogP contribution in [0.2, 0.25) is 0 Å². The first-order chi connectivity index (χ1) is 9.83. The van der Waals surface area contributed by atoms with Crippen LogP contribution in [0.3, 0.4) is 0 Å². The molecule has 1 heterocycles. The van der Waals surface area contributed by atoms with E-state index < -0.39 is 0 Å². The molecule has 20 heavy (non-hydrogen) atoms. The average molecular weight is 278 g/mol. The molecule has 0 aliphatic carbocycles. The van der Waals surface area contributed by atoms with Crippen LogP contribution in [0.15, 0.2) is 24.3 Å². The molecule has 1 aromatic carbocycles. The normalized spacial score (nSPS) is 16.4. The van der Waals surface area contributed by atoms with Crippen molar-refractivity contribution in [1.29, 1.82) is 0 Å². The molecule has 1 aliphatic heterocycles. The van der Waals surface area contributed by atoms with Crippen molar-refractivity contribution in [2.75, 3.05) is 50.8 Å². The van der Waals surface area contributed by atoms with Crippen LogP contribution in [-0.4, -0.2) is 55.9 Å². The molecule has 0 amide bonds. The van der Waals surface area contributed by atoms with E-state index in [0.29, 0.717) is 0 Å². The maximum absolute atomic E-state index is 8.95. The molecule has 0 atom stereocenters. The highest BCUT2D eigenvalue weighted by molar-refractivity contribution is 5.49. The molecule has 2 rings (SSSR count). The predicted octanol–water partition coefficient (Wildman–Crippen LogP) is 1.98. The van der Waals surface area contributed by atoms with E-state index in [9.17, 15) is 0 Å². The van der Waals surface area contributed by atoms with Crippen LogP contribution in [0.5, 0.6) is 5.75 Å². The van der Waals surface area contributed by atoms with Gasteiger partial charge in [-0.1, -0.05) is 13.3 Å². The third kappa shape index (κ3) is 4.39. The van der Waals surface area contributed by atoms with Crippen molar-refractivity contribution >= 4 is 5.69 Å². The number of anilines is 1. The van der Waals surface area contributed by atoms with Crippen LogP contribution in [0.4, 0.5) is 5.69 Å². The van der Waals surface area contributed by atoms with E-state index in [1.807, 2.05) is 0 Å². The van der Waals surface area contributed by atoms with Crippen LogP contribution >= 0.6 is 0 Å². The highest BCUT2D eigenvalue weighted by Crippen LogP contribution is 2.20. The summed E-state index contributed by atoms with van der Waals surface area (Å²) in [6.45, 7) is 8.11. The lowest BCUT2D eigenvalue weighted by Crippen LogP contribution is -2.47. The van der Waals surface area contributed by atoms with Gasteiger partial charge in [-0.25, -0.2) is 0 Å². The Kier molecular flexibility index (Phi) is 6.15. The summed E-state index contributed by atoms with van der Waals surface area (Å²) in [5.41, 5.74) is 1.26. The predicted molar refractivity (Wildman–Crippen MR) is 82.6 cm³/mol. The molecule has 0 unspecified atom stereocenters. The smallest absolute Gasteiger partial charge is 0.119 e. The van der Waals surface area contributed by atoms with Gasteiger partial charge in [0.1, 0.15) is 5.75 Å². The standard InChI is InChI=1S/C16H26N2O2/c1-2-3-14-20-16-6-4-15(5-7-16)18-10-8-17(9-11-18)12-13-19/h4-7,19H,2-3,8-14H2,1H3. The summed E-state index contributed by atoms with van der Waals surface area (Å²) in [6.07, 6.45) is 2.27. The lowest BCUT2D eigenvalue weighted by Gasteiger charge is -2.35. The van der Waals surface area contributed by atoms with Crippen LogP contribution in [-0.2, 0) is 0 Å². The van der Waals surface area contributed by atoms with E-state index in [1.165, 1.54) is 5.69 Å². The zero-order valence-electron chi connectivity index (χ0n) is 12.4. The van der Waals surface area contributed by atoms with Gasteiger partial charge in [0.05, 0.1) is 13.2 Å². The molecule has 1 fully saturated rings. The van der Waals surface area contributed by atoms with Gasteiger partial charge in [-0.3, -0.25) is 4.90 Å². The van der Waals surface area contributed by atoms with Gasteiger partial charge in [-0.15, -0.1) is 0 Å². The molecule has 0 aromatic heterocycles. The third-order valence-corrected chi connectivity index (χ3v) is 3.76. The molecule has 0 bridgehead atoms. The Labute approximate surface area is 122 Å². The van der Waals surface area contributed by atoms with Crippen LogP contribution in [0.1, 0.15) is 19.8 Å². The van der Waals surface area contributed by atoms with Gasteiger partial charge in [-0.2, -0.15) is 0 Å². The molecule has 0 radical (unpaired) electrons. The molecule has 0 saturated carbocycles. The van der Waals surface area contributed by atoms with Crippen molar-refractivity contribution in [3.8, 4) is 5.75 Å². The summed E-state index contributed by atoms with van der Waals surface area (Å²) in [6, 6.07) is 8.40. The minimum absolute atomic E-state index is 0.254. The first kappa shape index (κ1) is 15.1. The summed E-state index contributed by atoms with van der Waals surface area (Å²) in [5.74, 6) is 0.959. The zero-order valence-corrected chi connectivity index (χ0v) is 12.4. The Morgan fingerprint density at radius 3 is 2.40 bits per heavy atom. The fourth-order valence-corrected chi connectivity index (χ4v) is 2.46. The highest BCUT2D eigenvalue weighted by atomic mass is 16.5. The molecular formula is C16H26N2O2. The van der Waals surface area contributed by atoms with Crippen molar-refractivity contribution in [3.63, 3.8) is 0 Å². The van der Waals surface area contributed by atoms with E-state index >= 15 is 0 Å². The van der Waals surface area contributed by atoms with E-state index in [1.54, 1.807) is 0 Å². The van der Waals surface area contributed by atoms with Crippen LogP contribution in [0.25, 0.3) is 0 Å². The maximum Gasteiger partial charge on any atom is 0.119 e. The average Bonchev–Trinajstić information content (AvgIpc) is 2.49. The molecule has 4 nitrogen and oxygen atoms in total. The number of benzene rings is 1. The second-order valence-electron chi connectivity index (χ2n) is 5.25. The summed E-state index contributed by atoms with van der Waals surface area (Å²) in [4.78, 5) is 4.70. The van der Waals surface area contributed by atoms with Crippen molar-refractivity contribution < 1.29 is 9.84 Å². The highest BCUT2D eigenvalue weighted by Gasteiger charge is 2.16. The van der Waals surface area contributed by atoms with Crippen molar-refractivity contribution in [1.82, 2.24) is 4.90 Å². The van der Waals surface area contributed by atoms with Crippen LogP contribution < -0.4 is 9.64 Å². The van der Waals surface area contributed by atoms with Crippen molar-refractivity contribution in [2.24, 2.45) is 0 Å². The largest absolute Gasteiger partial charge is 0.494 e. The van der Waals surface area contributed by atoms with E-state index in [2.05, 4.69) is 41.0 Å². The molecule has 112 valence electrons. The lowest BCUT2D eigenvalue weighted by molar-refractivity contribution is 0.189. The van der Waals surface area contributed by atoms with Crippen LogP contribution in [0, 0.1) is 0 Å². The zero-order chi connectivity index (χ0) is 14.2. The Hall–Kier alpha value is -1.26. The number of hydrogen-bond acceptors (Lipinski definition) is 4. The van der Waals surface area contributed by atoms with E-state index in [-0.39, 0.29) is 6.61 Å².